The van der Waals surface area contributed by atoms with Gasteiger partial charge >= 0.3 is 6.18 Å². The van der Waals surface area contributed by atoms with E-state index in [0.717, 1.165) is 23.4 Å². The number of aromatic nitrogens is 2. The van der Waals surface area contributed by atoms with Gasteiger partial charge < -0.3 is 5.32 Å². The van der Waals surface area contributed by atoms with Crippen LogP contribution >= 0.6 is 0 Å². The van der Waals surface area contributed by atoms with Crippen LogP contribution in [-0.4, -0.2) is 46.3 Å². The van der Waals surface area contributed by atoms with Crippen molar-refractivity contribution in [1.82, 2.24) is 20.0 Å². The average Bonchev–Trinajstić information content (AvgIpc) is 2.64. The minimum Gasteiger partial charge on any atom is -0.349 e. The Morgan fingerprint density at radius 1 is 1.28 bits per heavy atom. The summed E-state index contributed by atoms with van der Waals surface area (Å²) < 4.78 is 41.1. The number of aryl methyl sites for hydroxylation is 1. The first-order valence-electron chi connectivity index (χ1n) is 9.36. The maximum Gasteiger partial charge on any atom is 0.418 e. The highest BCUT2D eigenvalue weighted by Crippen LogP contribution is 2.33. The van der Waals surface area contributed by atoms with E-state index < -0.39 is 28.8 Å². The number of nitrogens with one attached hydrogen (secondary N) is 1. The maximum absolute atomic E-state index is 13.4. The van der Waals surface area contributed by atoms with Gasteiger partial charge in [0.25, 0.3) is 5.91 Å². The molecule has 2 rings (SSSR count). The standard InChI is InChI=1S/C20H25F3N4O2/c1-5-26(13(2)3)11-10-24-19(29)18-17(28)12-14(4)27(25-18)16-9-7-6-8-15(16)20(21,22)23/h6-9,12-13H,5,10-11H2,1-4H3,(H,24,29). The van der Waals surface area contributed by atoms with E-state index >= 15 is 0 Å². The first kappa shape index (κ1) is 22.6. The number of benzene rings is 1. The third-order valence-corrected chi connectivity index (χ3v) is 4.58. The Morgan fingerprint density at radius 2 is 1.93 bits per heavy atom. The van der Waals surface area contributed by atoms with Crippen molar-refractivity contribution >= 4 is 5.91 Å². The number of alkyl halides is 3. The molecule has 0 radical (unpaired) electrons. The number of rotatable bonds is 7. The van der Waals surface area contributed by atoms with E-state index in [-0.39, 0.29) is 11.4 Å². The van der Waals surface area contributed by atoms with Gasteiger partial charge in [-0.2, -0.15) is 18.3 Å². The number of carbonyl (C=O) groups is 1. The van der Waals surface area contributed by atoms with Crippen molar-refractivity contribution in [3.63, 3.8) is 0 Å². The van der Waals surface area contributed by atoms with Crippen LogP contribution < -0.4 is 10.7 Å². The van der Waals surface area contributed by atoms with E-state index in [1.165, 1.54) is 25.1 Å². The van der Waals surface area contributed by atoms with E-state index in [1.807, 2.05) is 20.8 Å². The molecule has 0 spiro atoms. The molecule has 0 bridgehead atoms. The molecule has 29 heavy (non-hydrogen) atoms. The summed E-state index contributed by atoms with van der Waals surface area (Å²) in [7, 11) is 0. The molecule has 0 aliphatic rings. The molecule has 9 heteroatoms. The first-order valence-corrected chi connectivity index (χ1v) is 9.36. The minimum atomic E-state index is -4.60. The Morgan fingerprint density at radius 3 is 2.52 bits per heavy atom. The molecule has 158 valence electrons. The fraction of sp³-hybridized carbons (Fsp3) is 0.450. The Hall–Kier alpha value is -2.68. The second-order valence-corrected chi connectivity index (χ2v) is 6.90. The summed E-state index contributed by atoms with van der Waals surface area (Å²) in [5.41, 5.74) is -2.04. The SMILES string of the molecule is CCN(CCNC(=O)c1nn(-c2ccccc2C(F)(F)F)c(C)cc1=O)C(C)C. The van der Waals surface area contributed by atoms with Crippen LogP contribution in [0.25, 0.3) is 5.69 Å². The summed E-state index contributed by atoms with van der Waals surface area (Å²) in [6, 6.07) is 6.30. The van der Waals surface area contributed by atoms with E-state index in [2.05, 4.69) is 15.3 Å². The zero-order valence-electron chi connectivity index (χ0n) is 16.9. The number of para-hydroxylation sites is 1. The molecule has 1 aromatic carbocycles. The lowest BCUT2D eigenvalue weighted by Gasteiger charge is -2.24. The molecule has 0 unspecified atom stereocenters. The van der Waals surface area contributed by atoms with Gasteiger partial charge in [-0.1, -0.05) is 19.1 Å². The monoisotopic (exact) mass is 410 g/mol. The van der Waals surface area contributed by atoms with Crippen LogP contribution in [-0.2, 0) is 6.18 Å². The Balaban J connectivity index is 2.34. The van der Waals surface area contributed by atoms with Crippen molar-refractivity contribution in [2.75, 3.05) is 19.6 Å². The summed E-state index contributed by atoms with van der Waals surface area (Å²) in [6.07, 6.45) is -4.60. The molecule has 0 fully saturated rings. The maximum atomic E-state index is 13.4. The van der Waals surface area contributed by atoms with Crippen LogP contribution in [0.3, 0.4) is 0 Å². The van der Waals surface area contributed by atoms with E-state index in [0.29, 0.717) is 19.1 Å². The van der Waals surface area contributed by atoms with Gasteiger partial charge in [-0.3, -0.25) is 14.5 Å². The molecule has 1 amide bonds. The van der Waals surface area contributed by atoms with Gasteiger partial charge in [0.15, 0.2) is 5.69 Å². The fourth-order valence-electron chi connectivity index (χ4n) is 3.02. The first-order chi connectivity index (χ1) is 13.6. The molecule has 1 N–H and O–H groups in total. The Kier molecular flexibility index (Phi) is 7.18. The fourth-order valence-corrected chi connectivity index (χ4v) is 3.02. The van der Waals surface area contributed by atoms with Crippen LogP contribution in [0.4, 0.5) is 13.2 Å². The van der Waals surface area contributed by atoms with Crippen molar-refractivity contribution in [1.29, 1.82) is 0 Å². The molecule has 2 aromatic rings. The zero-order valence-corrected chi connectivity index (χ0v) is 16.9. The van der Waals surface area contributed by atoms with Gasteiger partial charge in [0.2, 0.25) is 5.43 Å². The predicted octanol–water partition coefficient (Wildman–Crippen LogP) is 3.02. The minimum absolute atomic E-state index is 0.195. The van der Waals surface area contributed by atoms with Crippen LogP contribution in [0.1, 0.15) is 42.5 Å². The highest BCUT2D eigenvalue weighted by atomic mass is 19.4. The molecule has 0 atom stereocenters. The molecule has 0 saturated heterocycles. The Labute approximate surface area is 167 Å². The van der Waals surface area contributed by atoms with Crippen molar-refractivity contribution < 1.29 is 18.0 Å². The summed E-state index contributed by atoms with van der Waals surface area (Å²) >= 11 is 0. The molecule has 1 heterocycles. The van der Waals surface area contributed by atoms with Crippen LogP contribution in [0.2, 0.25) is 0 Å². The lowest BCUT2D eigenvalue weighted by Crippen LogP contribution is -2.40. The van der Waals surface area contributed by atoms with Crippen LogP contribution in [0.15, 0.2) is 35.1 Å². The van der Waals surface area contributed by atoms with Gasteiger partial charge in [-0.05, 0) is 39.4 Å². The number of hydrogen-bond acceptors (Lipinski definition) is 4. The second kappa shape index (κ2) is 9.21. The number of halogens is 3. The molecular weight excluding hydrogens is 385 g/mol. The molecule has 6 nitrogen and oxygen atoms in total. The largest absolute Gasteiger partial charge is 0.418 e. The summed E-state index contributed by atoms with van der Waals surface area (Å²) in [6.45, 7) is 9.20. The second-order valence-electron chi connectivity index (χ2n) is 6.90. The highest BCUT2D eigenvalue weighted by molar-refractivity contribution is 5.92. The highest BCUT2D eigenvalue weighted by Gasteiger charge is 2.34. The number of likely N-dealkylation sites (N-methyl/N-ethyl adjacent to an activating group) is 1. The van der Waals surface area contributed by atoms with E-state index in [1.54, 1.807) is 0 Å². The number of hydrogen-bond donors (Lipinski definition) is 1. The zero-order chi connectivity index (χ0) is 21.8. The smallest absolute Gasteiger partial charge is 0.349 e. The van der Waals surface area contributed by atoms with Gasteiger partial charge in [0, 0.05) is 30.9 Å². The lowest BCUT2D eigenvalue weighted by molar-refractivity contribution is -0.137. The third-order valence-electron chi connectivity index (χ3n) is 4.58. The third kappa shape index (κ3) is 5.44. The average molecular weight is 410 g/mol. The van der Waals surface area contributed by atoms with Gasteiger partial charge in [-0.25, -0.2) is 4.68 Å². The number of amides is 1. The quantitative estimate of drug-likeness (QED) is 0.762. The lowest BCUT2D eigenvalue weighted by atomic mass is 10.1. The van der Waals surface area contributed by atoms with E-state index in [9.17, 15) is 22.8 Å². The van der Waals surface area contributed by atoms with E-state index in [4.69, 9.17) is 0 Å². The van der Waals surface area contributed by atoms with Crippen molar-refractivity contribution in [2.45, 2.75) is 39.9 Å². The van der Waals surface area contributed by atoms with Crippen molar-refractivity contribution in [3.05, 3.63) is 57.5 Å². The predicted molar refractivity (Wildman–Crippen MR) is 104 cm³/mol. The van der Waals surface area contributed by atoms with Gasteiger partial charge in [0.1, 0.15) is 0 Å². The summed E-state index contributed by atoms with van der Waals surface area (Å²) in [5, 5.41) is 6.57. The Bertz CT molecular complexity index is 923. The summed E-state index contributed by atoms with van der Waals surface area (Å²) in [4.78, 5) is 26.8. The van der Waals surface area contributed by atoms with Crippen molar-refractivity contribution in [2.24, 2.45) is 0 Å². The molecule has 1 aromatic heterocycles. The van der Waals surface area contributed by atoms with Crippen LogP contribution in [0.5, 0.6) is 0 Å². The molecular formula is C20H25F3N4O2. The normalized spacial score (nSPS) is 11.9. The summed E-state index contributed by atoms with van der Waals surface area (Å²) in [5.74, 6) is -0.715. The topological polar surface area (TPSA) is 67.2 Å². The van der Waals surface area contributed by atoms with Gasteiger partial charge in [0.05, 0.1) is 11.3 Å². The van der Waals surface area contributed by atoms with Crippen molar-refractivity contribution in [3.8, 4) is 5.69 Å². The molecule has 0 aliphatic heterocycles. The van der Waals surface area contributed by atoms with Crippen LogP contribution in [0, 0.1) is 6.92 Å². The number of nitrogens with zero attached hydrogens (tertiary/aromatic N) is 3. The number of carbonyl (C=O) groups excluding carboxylic acids is 1. The molecule has 0 aliphatic carbocycles. The molecule has 0 saturated carbocycles. The van der Waals surface area contributed by atoms with Gasteiger partial charge in [-0.15, -0.1) is 0 Å².